The fourth-order valence-electron chi connectivity index (χ4n) is 2.71. The predicted molar refractivity (Wildman–Crippen MR) is 83.7 cm³/mol. The van der Waals surface area contributed by atoms with Crippen LogP contribution in [0.2, 0.25) is 0 Å². The van der Waals surface area contributed by atoms with Crippen molar-refractivity contribution in [3.8, 4) is 5.75 Å². The second-order valence-electron chi connectivity index (χ2n) is 5.72. The first kappa shape index (κ1) is 17.7. The highest BCUT2D eigenvalue weighted by Crippen LogP contribution is 2.19. The van der Waals surface area contributed by atoms with Crippen molar-refractivity contribution in [3.63, 3.8) is 0 Å². The van der Waals surface area contributed by atoms with Crippen molar-refractivity contribution in [2.24, 2.45) is 5.92 Å². The molecular formula is C17H24FNO4. The second-order valence-corrected chi connectivity index (χ2v) is 5.72. The van der Waals surface area contributed by atoms with Gasteiger partial charge in [-0.3, -0.25) is 4.79 Å². The van der Waals surface area contributed by atoms with Crippen LogP contribution in [0.15, 0.2) is 24.3 Å². The van der Waals surface area contributed by atoms with E-state index in [-0.39, 0.29) is 24.2 Å². The van der Waals surface area contributed by atoms with Crippen LogP contribution in [0.3, 0.4) is 0 Å². The van der Waals surface area contributed by atoms with Gasteiger partial charge in [-0.2, -0.15) is 0 Å². The smallest absolute Gasteiger partial charge is 0.309 e. The highest BCUT2D eigenvalue weighted by molar-refractivity contribution is 5.72. The zero-order valence-corrected chi connectivity index (χ0v) is 13.4. The van der Waals surface area contributed by atoms with E-state index in [1.807, 2.05) is 0 Å². The van der Waals surface area contributed by atoms with Gasteiger partial charge in [0.2, 0.25) is 0 Å². The van der Waals surface area contributed by atoms with Crippen LogP contribution in [0, 0.1) is 11.7 Å². The molecule has 6 heteroatoms. The number of carbonyl (C=O) groups is 1. The van der Waals surface area contributed by atoms with Gasteiger partial charge in [0.1, 0.15) is 12.7 Å². The van der Waals surface area contributed by atoms with Crippen LogP contribution in [0.25, 0.3) is 0 Å². The van der Waals surface area contributed by atoms with E-state index in [0.717, 1.165) is 25.9 Å². The van der Waals surface area contributed by atoms with Crippen LogP contribution >= 0.6 is 0 Å². The molecule has 1 aliphatic rings. The lowest BCUT2D eigenvalue weighted by molar-refractivity contribution is -0.149. The summed E-state index contributed by atoms with van der Waals surface area (Å²) in [5.74, 6) is -0.462. The third-order valence-electron chi connectivity index (χ3n) is 3.94. The monoisotopic (exact) mass is 325 g/mol. The summed E-state index contributed by atoms with van der Waals surface area (Å²) in [5.41, 5.74) is 0. The fraction of sp³-hybridized carbons (Fsp3) is 0.588. The largest absolute Gasteiger partial charge is 0.488 e. The summed E-state index contributed by atoms with van der Waals surface area (Å²) < 4.78 is 23.8. The SMILES string of the molecule is CCOC(=O)C1CCN(C[C@H](O)COc2ccccc2F)CC1. The lowest BCUT2D eigenvalue weighted by Gasteiger charge is -2.32. The van der Waals surface area contributed by atoms with Gasteiger partial charge in [0, 0.05) is 6.54 Å². The molecule has 1 aromatic carbocycles. The minimum Gasteiger partial charge on any atom is -0.488 e. The summed E-state index contributed by atoms with van der Waals surface area (Å²) >= 11 is 0. The van der Waals surface area contributed by atoms with Crippen LogP contribution in [0.4, 0.5) is 4.39 Å². The molecule has 1 aliphatic heterocycles. The number of halogens is 1. The molecule has 0 radical (unpaired) electrons. The summed E-state index contributed by atoms with van der Waals surface area (Å²) in [7, 11) is 0. The molecule has 0 bridgehead atoms. The zero-order valence-electron chi connectivity index (χ0n) is 13.4. The van der Waals surface area contributed by atoms with E-state index in [2.05, 4.69) is 4.90 Å². The van der Waals surface area contributed by atoms with E-state index in [1.54, 1.807) is 19.1 Å². The molecule has 2 rings (SSSR count). The lowest BCUT2D eigenvalue weighted by atomic mass is 9.97. The van der Waals surface area contributed by atoms with E-state index in [9.17, 15) is 14.3 Å². The number of ether oxygens (including phenoxy) is 2. The Bertz CT molecular complexity index is 503. The lowest BCUT2D eigenvalue weighted by Crippen LogP contribution is -2.42. The molecule has 1 N–H and O–H groups in total. The molecule has 0 aliphatic carbocycles. The third kappa shape index (κ3) is 5.48. The number of piperidine rings is 1. The molecule has 0 aromatic heterocycles. The molecule has 1 atom stereocenters. The van der Waals surface area contributed by atoms with Crippen LogP contribution in [0.1, 0.15) is 19.8 Å². The molecule has 1 heterocycles. The van der Waals surface area contributed by atoms with Gasteiger partial charge >= 0.3 is 5.97 Å². The summed E-state index contributed by atoms with van der Waals surface area (Å²) in [4.78, 5) is 13.8. The number of carbonyl (C=O) groups excluding carboxylic acids is 1. The minimum atomic E-state index is -0.700. The summed E-state index contributed by atoms with van der Waals surface area (Å²) in [6.07, 6.45) is 0.771. The molecular weight excluding hydrogens is 301 g/mol. The van der Waals surface area contributed by atoms with Crippen LogP contribution in [0.5, 0.6) is 5.75 Å². The molecule has 1 saturated heterocycles. The maximum Gasteiger partial charge on any atom is 0.309 e. The number of hydrogen-bond acceptors (Lipinski definition) is 5. The van der Waals surface area contributed by atoms with Crippen molar-refractivity contribution in [2.45, 2.75) is 25.9 Å². The Balaban J connectivity index is 1.69. The van der Waals surface area contributed by atoms with Gasteiger partial charge in [0.25, 0.3) is 0 Å². The highest BCUT2D eigenvalue weighted by atomic mass is 19.1. The van der Waals surface area contributed by atoms with Gasteiger partial charge in [0.15, 0.2) is 11.6 Å². The minimum absolute atomic E-state index is 0.0404. The Morgan fingerprint density at radius 1 is 1.39 bits per heavy atom. The number of rotatable bonds is 7. The molecule has 1 fully saturated rings. The Morgan fingerprint density at radius 2 is 2.09 bits per heavy atom. The Hall–Kier alpha value is -1.66. The first-order valence-corrected chi connectivity index (χ1v) is 8.04. The fourth-order valence-corrected chi connectivity index (χ4v) is 2.71. The molecule has 5 nitrogen and oxygen atoms in total. The van der Waals surface area contributed by atoms with Crippen molar-refractivity contribution < 1.29 is 23.8 Å². The topological polar surface area (TPSA) is 59.0 Å². The summed E-state index contributed by atoms with van der Waals surface area (Å²) in [6.45, 7) is 4.17. The number of aliphatic hydroxyl groups is 1. The van der Waals surface area contributed by atoms with Gasteiger partial charge in [-0.25, -0.2) is 4.39 Å². The van der Waals surface area contributed by atoms with E-state index < -0.39 is 11.9 Å². The number of benzene rings is 1. The number of hydrogen-bond donors (Lipinski definition) is 1. The first-order valence-electron chi connectivity index (χ1n) is 8.04. The van der Waals surface area contributed by atoms with Crippen LogP contribution in [-0.2, 0) is 9.53 Å². The molecule has 0 amide bonds. The molecule has 0 unspecified atom stereocenters. The molecule has 1 aromatic rings. The summed E-state index contributed by atoms with van der Waals surface area (Å²) in [5, 5.41) is 10.0. The number of aliphatic hydroxyl groups excluding tert-OH is 1. The number of nitrogens with zero attached hydrogens (tertiary/aromatic N) is 1. The normalized spacial score (nSPS) is 17.7. The van der Waals surface area contributed by atoms with Crippen LogP contribution in [-0.4, -0.2) is 54.9 Å². The standard InChI is InChI=1S/C17H24FNO4/c1-2-22-17(21)13-7-9-19(10-8-13)11-14(20)12-23-16-6-4-3-5-15(16)18/h3-6,13-14,20H,2,7-12H2,1H3/t14-/m0/s1. The Morgan fingerprint density at radius 3 is 2.74 bits per heavy atom. The van der Waals surface area contributed by atoms with Crippen LogP contribution < -0.4 is 4.74 Å². The number of para-hydroxylation sites is 1. The zero-order chi connectivity index (χ0) is 16.7. The highest BCUT2D eigenvalue weighted by Gasteiger charge is 2.26. The van der Waals surface area contributed by atoms with Crippen molar-refractivity contribution in [3.05, 3.63) is 30.1 Å². The van der Waals surface area contributed by atoms with E-state index in [0.29, 0.717) is 13.2 Å². The number of β-amino-alcohol motifs (C(OH)–C–C–N with tert-alkyl or cyclic N) is 1. The van der Waals surface area contributed by atoms with Gasteiger partial charge in [-0.05, 0) is 45.0 Å². The second kappa shape index (κ2) is 8.84. The number of esters is 1. The van der Waals surface area contributed by atoms with Gasteiger partial charge in [0.05, 0.1) is 12.5 Å². The molecule has 128 valence electrons. The van der Waals surface area contributed by atoms with E-state index in [4.69, 9.17) is 9.47 Å². The summed E-state index contributed by atoms with van der Waals surface area (Å²) in [6, 6.07) is 6.13. The Labute approximate surface area is 136 Å². The molecule has 0 spiro atoms. The van der Waals surface area contributed by atoms with Crippen molar-refractivity contribution in [1.29, 1.82) is 0 Å². The van der Waals surface area contributed by atoms with E-state index in [1.165, 1.54) is 12.1 Å². The Kier molecular flexibility index (Phi) is 6.80. The predicted octanol–water partition coefficient (Wildman–Crippen LogP) is 1.84. The third-order valence-corrected chi connectivity index (χ3v) is 3.94. The number of likely N-dealkylation sites (tertiary alicyclic amines) is 1. The average molecular weight is 325 g/mol. The average Bonchev–Trinajstić information content (AvgIpc) is 2.55. The van der Waals surface area contributed by atoms with Gasteiger partial charge in [-0.15, -0.1) is 0 Å². The van der Waals surface area contributed by atoms with Crippen molar-refractivity contribution in [2.75, 3.05) is 32.8 Å². The van der Waals surface area contributed by atoms with Crippen molar-refractivity contribution in [1.82, 2.24) is 4.90 Å². The molecule has 0 saturated carbocycles. The van der Waals surface area contributed by atoms with Crippen molar-refractivity contribution >= 4 is 5.97 Å². The van der Waals surface area contributed by atoms with E-state index >= 15 is 0 Å². The quantitative estimate of drug-likeness (QED) is 0.775. The molecule has 23 heavy (non-hydrogen) atoms. The first-order chi connectivity index (χ1) is 11.1. The maximum absolute atomic E-state index is 13.4. The maximum atomic E-state index is 13.4. The van der Waals surface area contributed by atoms with Gasteiger partial charge in [-0.1, -0.05) is 12.1 Å². The van der Waals surface area contributed by atoms with Gasteiger partial charge < -0.3 is 19.5 Å².